The van der Waals surface area contributed by atoms with Crippen molar-refractivity contribution in [1.29, 1.82) is 10.5 Å². The fourth-order valence-corrected chi connectivity index (χ4v) is 1.52. The van der Waals surface area contributed by atoms with Crippen molar-refractivity contribution in [2.45, 2.75) is 44.9 Å². The van der Waals surface area contributed by atoms with E-state index in [4.69, 9.17) is 20.4 Å². The second-order valence-corrected chi connectivity index (χ2v) is 4.15. The van der Waals surface area contributed by atoms with Crippen molar-refractivity contribution in [3.05, 3.63) is 11.6 Å². The summed E-state index contributed by atoms with van der Waals surface area (Å²) in [5, 5.41) is 25.5. The van der Waals surface area contributed by atoms with Gasteiger partial charge < -0.3 is 9.84 Å². The summed E-state index contributed by atoms with van der Waals surface area (Å²) in [6.45, 7) is 0.576. The number of rotatable bonds is 10. The number of allylic oxidation sites excluding steroid dienone is 1. The van der Waals surface area contributed by atoms with Gasteiger partial charge in [0.1, 0.15) is 17.7 Å². The maximum absolute atomic E-state index is 11.2. The van der Waals surface area contributed by atoms with E-state index in [1.807, 2.05) is 0 Å². The van der Waals surface area contributed by atoms with Gasteiger partial charge >= 0.3 is 5.97 Å². The summed E-state index contributed by atoms with van der Waals surface area (Å²) >= 11 is 0. The number of aliphatic hydroxyl groups excluding tert-OH is 1. The molecule has 0 unspecified atom stereocenters. The second kappa shape index (κ2) is 12.6. The Morgan fingerprint density at radius 1 is 1.00 bits per heavy atom. The van der Waals surface area contributed by atoms with Crippen molar-refractivity contribution < 1.29 is 14.6 Å². The highest BCUT2D eigenvalue weighted by Gasteiger charge is 2.01. The fraction of sp³-hybridized carbons (Fsp3) is 0.643. The molecule has 0 atom stereocenters. The molecule has 5 heteroatoms. The Labute approximate surface area is 114 Å². The third kappa shape index (κ3) is 11.0. The van der Waals surface area contributed by atoms with E-state index in [9.17, 15) is 4.79 Å². The third-order valence-electron chi connectivity index (χ3n) is 2.55. The van der Waals surface area contributed by atoms with Crippen molar-refractivity contribution in [2.24, 2.45) is 0 Å². The van der Waals surface area contributed by atoms with Gasteiger partial charge in [-0.15, -0.1) is 0 Å². The van der Waals surface area contributed by atoms with Crippen molar-refractivity contribution in [3.63, 3.8) is 0 Å². The van der Waals surface area contributed by atoms with Gasteiger partial charge in [0.25, 0.3) is 0 Å². The molecule has 1 N–H and O–H groups in total. The molecular weight excluding hydrogens is 244 g/mol. The van der Waals surface area contributed by atoms with Crippen LogP contribution in [0, 0.1) is 22.7 Å². The highest BCUT2D eigenvalue weighted by atomic mass is 16.5. The Balaban J connectivity index is 3.45. The molecule has 0 rings (SSSR count). The number of carbonyl (C=O) groups excluding carboxylic acids is 1. The van der Waals surface area contributed by atoms with Crippen molar-refractivity contribution in [3.8, 4) is 12.1 Å². The molecule has 0 radical (unpaired) electrons. The van der Waals surface area contributed by atoms with Crippen LogP contribution in [0.2, 0.25) is 0 Å². The van der Waals surface area contributed by atoms with E-state index >= 15 is 0 Å². The average molecular weight is 264 g/mol. The molecule has 0 saturated heterocycles. The van der Waals surface area contributed by atoms with Gasteiger partial charge in [-0.05, 0) is 12.8 Å². The standard InChI is InChI=1S/C14H20N2O3/c15-11-13(12-16)10-14(18)19-9-7-5-3-1-2-4-6-8-17/h10,17H,1-9H2. The minimum Gasteiger partial charge on any atom is -0.462 e. The van der Waals surface area contributed by atoms with Crippen molar-refractivity contribution in [1.82, 2.24) is 0 Å². The summed E-state index contributed by atoms with van der Waals surface area (Å²) in [5.41, 5.74) is -0.242. The van der Waals surface area contributed by atoms with Gasteiger partial charge in [-0.2, -0.15) is 10.5 Å². The van der Waals surface area contributed by atoms with Crippen molar-refractivity contribution >= 4 is 5.97 Å². The molecule has 0 aromatic carbocycles. The Morgan fingerprint density at radius 2 is 1.53 bits per heavy atom. The number of hydrogen-bond acceptors (Lipinski definition) is 5. The lowest BCUT2D eigenvalue weighted by molar-refractivity contribution is -0.137. The van der Waals surface area contributed by atoms with Crippen LogP contribution in [0.1, 0.15) is 44.9 Å². The van der Waals surface area contributed by atoms with E-state index in [0.29, 0.717) is 6.61 Å². The van der Waals surface area contributed by atoms with Gasteiger partial charge in [0.2, 0.25) is 0 Å². The number of nitrogens with zero attached hydrogens (tertiary/aromatic N) is 2. The molecule has 0 aromatic rings. The molecular formula is C14H20N2O3. The van der Waals surface area contributed by atoms with E-state index in [2.05, 4.69) is 0 Å². The van der Waals surface area contributed by atoms with Crippen LogP contribution < -0.4 is 0 Å². The minimum atomic E-state index is -0.638. The molecule has 0 amide bonds. The summed E-state index contributed by atoms with van der Waals surface area (Å²) in [4.78, 5) is 11.2. The predicted octanol–water partition coefficient (Wildman–Crippen LogP) is 2.23. The first kappa shape index (κ1) is 17.2. The zero-order valence-electron chi connectivity index (χ0n) is 11.1. The third-order valence-corrected chi connectivity index (χ3v) is 2.55. The molecule has 0 bridgehead atoms. The molecule has 5 nitrogen and oxygen atoms in total. The topological polar surface area (TPSA) is 94.1 Å². The van der Waals surface area contributed by atoms with E-state index in [0.717, 1.165) is 51.0 Å². The number of aliphatic hydroxyl groups is 1. The second-order valence-electron chi connectivity index (χ2n) is 4.15. The number of ether oxygens (including phenoxy) is 1. The van der Waals surface area contributed by atoms with Crippen LogP contribution in [0.15, 0.2) is 11.6 Å². The van der Waals surface area contributed by atoms with Crippen LogP contribution in [0.25, 0.3) is 0 Å². The Hall–Kier alpha value is -1.85. The van der Waals surface area contributed by atoms with Crippen LogP contribution in [0.3, 0.4) is 0 Å². The molecule has 19 heavy (non-hydrogen) atoms. The first-order valence-corrected chi connectivity index (χ1v) is 6.54. The van der Waals surface area contributed by atoms with Gasteiger partial charge in [-0.25, -0.2) is 4.79 Å². The van der Waals surface area contributed by atoms with E-state index < -0.39 is 5.97 Å². The lowest BCUT2D eigenvalue weighted by atomic mass is 10.1. The summed E-state index contributed by atoms with van der Waals surface area (Å²) in [7, 11) is 0. The first-order chi connectivity index (χ1) is 9.24. The summed E-state index contributed by atoms with van der Waals surface area (Å²) in [6, 6.07) is 3.20. The molecule has 0 heterocycles. The van der Waals surface area contributed by atoms with Crippen LogP contribution in [-0.4, -0.2) is 24.3 Å². The van der Waals surface area contributed by atoms with Crippen LogP contribution in [0.4, 0.5) is 0 Å². The molecule has 0 aliphatic rings. The Kier molecular flexibility index (Phi) is 11.4. The normalized spacial score (nSPS) is 9.21. The van der Waals surface area contributed by atoms with Gasteiger partial charge in [0.05, 0.1) is 12.7 Å². The summed E-state index contributed by atoms with van der Waals surface area (Å²) in [6.07, 6.45) is 7.94. The highest BCUT2D eigenvalue weighted by Crippen LogP contribution is 2.07. The maximum atomic E-state index is 11.2. The Morgan fingerprint density at radius 3 is 2.05 bits per heavy atom. The molecule has 0 aromatic heterocycles. The lowest BCUT2D eigenvalue weighted by Crippen LogP contribution is -2.03. The molecule has 104 valence electrons. The molecule has 0 aliphatic heterocycles. The number of unbranched alkanes of at least 4 members (excludes halogenated alkanes) is 6. The highest BCUT2D eigenvalue weighted by molar-refractivity contribution is 5.84. The molecule has 0 aliphatic carbocycles. The maximum Gasteiger partial charge on any atom is 0.332 e. The van der Waals surface area contributed by atoms with Gasteiger partial charge in [0, 0.05) is 6.61 Å². The number of nitriles is 2. The monoisotopic (exact) mass is 264 g/mol. The predicted molar refractivity (Wildman–Crippen MR) is 69.7 cm³/mol. The van der Waals surface area contributed by atoms with Gasteiger partial charge in [-0.3, -0.25) is 0 Å². The summed E-state index contributed by atoms with van der Waals surface area (Å²) < 4.78 is 4.87. The van der Waals surface area contributed by atoms with Gasteiger partial charge in [0.15, 0.2) is 0 Å². The zero-order chi connectivity index (χ0) is 14.3. The molecule has 0 fully saturated rings. The minimum absolute atomic E-state index is 0.242. The van der Waals surface area contributed by atoms with Crippen LogP contribution in [0.5, 0.6) is 0 Å². The molecule has 0 saturated carbocycles. The largest absolute Gasteiger partial charge is 0.462 e. The number of esters is 1. The molecule has 0 spiro atoms. The summed E-state index contributed by atoms with van der Waals surface area (Å²) in [5.74, 6) is -0.638. The quantitative estimate of drug-likeness (QED) is 0.282. The zero-order valence-corrected chi connectivity index (χ0v) is 11.1. The van der Waals surface area contributed by atoms with E-state index in [1.54, 1.807) is 12.1 Å². The average Bonchev–Trinajstić information content (AvgIpc) is 2.43. The van der Waals surface area contributed by atoms with Crippen LogP contribution >= 0.6 is 0 Å². The van der Waals surface area contributed by atoms with Crippen molar-refractivity contribution in [2.75, 3.05) is 13.2 Å². The SMILES string of the molecule is N#CC(C#N)=CC(=O)OCCCCCCCCCO. The van der Waals surface area contributed by atoms with E-state index in [1.165, 1.54) is 0 Å². The lowest BCUT2D eigenvalue weighted by Gasteiger charge is -2.02. The number of hydrogen-bond donors (Lipinski definition) is 1. The van der Waals surface area contributed by atoms with Gasteiger partial charge in [-0.1, -0.05) is 32.1 Å². The number of carbonyl (C=O) groups is 1. The fourth-order valence-electron chi connectivity index (χ4n) is 1.52. The first-order valence-electron chi connectivity index (χ1n) is 6.54. The van der Waals surface area contributed by atoms with E-state index in [-0.39, 0.29) is 12.2 Å². The Bertz CT molecular complexity index is 348. The smallest absolute Gasteiger partial charge is 0.332 e. The van der Waals surface area contributed by atoms with Crippen LogP contribution in [-0.2, 0) is 9.53 Å².